The summed E-state index contributed by atoms with van der Waals surface area (Å²) in [6.45, 7) is 8.19. The fraction of sp³-hybridized carbons (Fsp3) is 0.786. The van der Waals surface area contributed by atoms with E-state index < -0.39 is 0 Å². The molecule has 2 rings (SSSR count). The van der Waals surface area contributed by atoms with Crippen LogP contribution in [0, 0.1) is 12.8 Å². The number of likely N-dealkylation sites (N-methyl/N-ethyl adjacent to an activating group) is 1. The van der Waals surface area contributed by atoms with Gasteiger partial charge in [0.2, 0.25) is 0 Å². The summed E-state index contributed by atoms with van der Waals surface area (Å²) < 4.78 is 2.05. The summed E-state index contributed by atoms with van der Waals surface area (Å²) >= 11 is 6.38. The van der Waals surface area contributed by atoms with E-state index in [1.54, 1.807) is 0 Å². The molecule has 1 aromatic heterocycles. The second-order valence-electron chi connectivity index (χ2n) is 5.30. The monoisotopic (exact) mass is 269 g/mol. The molecule has 102 valence electrons. The van der Waals surface area contributed by atoms with Gasteiger partial charge in [-0.3, -0.25) is 4.68 Å². The molecule has 18 heavy (non-hydrogen) atoms. The summed E-state index contributed by atoms with van der Waals surface area (Å²) in [6.07, 6.45) is 5.08. The lowest BCUT2D eigenvalue weighted by Gasteiger charge is -2.18. The van der Waals surface area contributed by atoms with Gasteiger partial charge in [0.05, 0.1) is 16.4 Å². The SMILES string of the molecule is CCNC(Cc1c(Cl)c(C)nn1CC)CC1CC1. The van der Waals surface area contributed by atoms with Crippen LogP contribution in [0.1, 0.15) is 44.5 Å². The van der Waals surface area contributed by atoms with Gasteiger partial charge < -0.3 is 5.32 Å². The third kappa shape index (κ3) is 3.27. The summed E-state index contributed by atoms with van der Waals surface area (Å²) in [5.41, 5.74) is 2.15. The molecule has 1 aromatic rings. The lowest BCUT2D eigenvalue weighted by atomic mass is 10.0. The minimum Gasteiger partial charge on any atom is -0.314 e. The molecule has 1 aliphatic rings. The number of rotatable bonds is 7. The highest BCUT2D eigenvalue weighted by Crippen LogP contribution is 2.34. The first-order chi connectivity index (χ1) is 8.65. The van der Waals surface area contributed by atoms with Crippen molar-refractivity contribution in [1.29, 1.82) is 0 Å². The normalized spacial score (nSPS) is 17.1. The Balaban J connectivity index is 2.08. The minimum atomic E-state index is 0.543. The largest absolute Gasteiger partial charge is 0.314 e. The lowest BCUT2D eigenvalue weighted by molar-refractivity contribution is 0.450. The molecule has 1 heterocycles. The second kappa shape index (κ2) is 6.07. The van der Waals surface area contributed by atoms with Crippen LogP contribution in [-0.2, 0) is 13.0 Å². The zero-order valence-corrected chi connectivity index (χ0v) is 12.4. The summed E-state index contributed by atoms with van der Waals surface area (Å²) in [5.74, 6) is 0.937. The molecule has 0 aliphatic heterocycles. The average molecular weight is 270 g/mol. The van der Waals surface area contributed by atoms with Gasteiger partial charge in [0, 0.05) is 19.0 Å². The van der Waals surface area contributed by atoms with Crippen molar-refractivity contribution in [3.8, 4) is 0 Å². The van der Waals surface area contributed by atoms with Crippen LogP contribution in [0.5, 0.6) is 0 Å². The number of nitrogens with zero attached hydrogens (tertiary/aromatic N) is 2. The molecule has 1 atom stereocenters. The van der Waals surface area contributed by atoms with Gasteiger partial charge in [-0.1, -0.05) is 31.4 Å². The maximum atomic E-state index is 6.38. The molecule has 0 saturated heterocycles. The highest BCUT2D eigenvalue weighted by Gasteiger charge is 2.26. The van der Waals surface area contributed by atoms with Gasteiger partial charge in [-0.15, -0.1) is 0 Å². The molecular weight excluding hydrogens is 246 g/mol. The van der Waals surface area contributed by atoms with Gasteiger partial charge in [-0.2, -0.15) is 5.10 Å². The Bertz CT molecular complexity index is 396. The van der Waals surface area contributed by atoms with E-state index in [1.165, 1.54) is 25.0 Å². The maximum absolute atomic E-state index is 6.38. The van der Waals surface area contributed by atoms with Crippen LogP contribution in [0.4, 0.5) is 0 Å². The molecule has 1 unspecified atom stereocenters. The Morgan fingerprint density at radius 1 is 1.44 bits per heavy atom. The molecular formula is C14H24ClN3. The molecule has 4 heteroatoms. The lowest BCUT2D eigenvalue weighted by Crippen LogP contribution is -2.32. The molecule has 0 aromatic carbocycles. The summed E-state index contributed by atoms with van der Waals surface area (Å²) in [7, 11) is 0. The van der Waals surface area contributed by atoms with Crippen molar-refractivity contribution >= 4 is 11.6 Å². The molecule has 0 amide bonds. The van der Waals surface area contributed by atoms with E-state index in [2.05, 4.69) is 28.9 Å². The molecule has 1 fully saturated rings. The number of halogens is 1. The van der Waals surface area contributed by atoms with Crippen LogP contribution in [-0.4, -0.2) is 22.4 Å². The number of hydrogen-bond acceptors (Lipinski definition) is 2. The van der Waals surface area contributed by atoms with Crippen molar-refractivity contribution in [2.45, 2.75) is 59.0 Å². The van der Waals surface area contributed by atoms with E-state index in [4.69, 9.17) is 11.6 Å². The first-order valence-corrected chi connectivity index (χ1v) is 7.48. The van der Waals surface area contributed by atoms with Crippen LogP contribution in [0.15, 0.2) is 0 Å². The van der Waals surface area contributed by atoms with Crippen molar-refractivity contribution < 1.29 is 0 Å². The van der Waals surface area contributed by atoms with Crippen molar-refractivity contribution in [3.63, 3.8) is 0 Å². The predicted octanol–water partition coefficient (Wildman–Crippen LogP) is 3.19. The number of hydrogen-bond donors (Lipinski definition) is 1. The van der Waals surface area contributed by atoms with Gasteiger partial charge in [0.25, 0.3) is 0 Å². The number of aromatic nitrogens is 2. The van der Waals surface area contributed by atoms with Crippen LogP contribution in [0.3, 0.4) is 0 Å². The Labute approximate surface area is 115 Å². The zero-order valence-electron chi connectivity index (χ0n) is 11.7. The molecule has 1 aliphatic carbocycles. The van der Waals surface area contributed by atoms with Crippen molar-refractivity contribution in [1.82, 2.24) is 15.1 Å². The molecule has 1 N–H and O–H groups in total. The number of nitrogens with one attached hydrogen (secondary N) is 1. The van der Waals surface area contributed by atoms with Crippen molar-refractivity contribution in [2.75, 3.05) is 6.54 Å². The Kier molecular flexibility index (Phi) is 4.68. The van der Waals surface area contributed by atoms with Crippen molar-refractivity contribution in [2.24, 2.45) is 5.92 Å². The Hall–Kier alpha value is -0.540. The molecule has 0 bridgehead atoms. The van der Waals surface area contributed by atoms with Crippen LogP contribution >= 0.6 is 11.6 Å². The third-order valence-corrected chi connectivity index (χ3v) is 4.19. The van der Waals surface area contributed by atoms with E-state index in [1.807, 2.05) is 6.92 Å². The minimum absolute atomic E-state index is 0.543. The van der Waals surface area contributed by atoms with Gasteiger partial charge in [-0.25, -0.2) is 0 Å². The topological polar surface area (TPSA) is 29.9 Å². The number of aryl methyl sites for hydroxylation is 2. The van der Waals surface area contributed by atoms with E-state index in [9.17, 15) is 0 Å². The van der Waals surface area contributed by atoms with E-state index in [-0.39, 0.29) is 0 Å². The zero-order chi connectivity index (χ0) is 13.1. The molecule has 0 spiro atoms. The fourth-order valence-electron chi connectivity index (χ4n) is 2.58. The fourth-order valence-corrected chi connectivity index (χ4v) is 2.79. The van der Waals surface area contributed by atoms with E-state index in [0.29, 0.717) is 6.04 Å². The third-order valence-electron chi connectivity index (χ3n) is 3.70. The average Bonchev–Trinajstić information content (AvgIpc) is 3.11. The standard InChI is InChI=1S/C14H24ClN3/c1-4-16-12(8-11-6-7-11)9-13-14(15)10(3)17-18(13)5-2/h11-12,16H,4-9H2,1-3H3. The quantitative estimate of drug-likeness (QED) is 0.824. The van der Waals surface area contributed by atoms with Crippen LogP contribution < -0.4 is 5.32 Å². The molecule has 3 nitrogen and oxygen atoms in total. The van der Waals surface area contributed by atoms with E-state index >= 15 is 0 Å². The van der Waals surface area contributed by atoms with Gasteiger partial charge in [0.15, 0.2) is 0 Å². The first kappa shape index (κ1) is 13.9. The highest BCUT2D eigenvalue weighted by molar-refractivity contribution is 6.31. The van der Waals surface area contributed by atoms with Gasteiger partial charge >= 0.3 is 0 Å². The van der Waals surface area contributed by atoms with Gasteiger partial charge in [0.1, 0.15) is 0 Å². The van der Waals surface area contributed by atoms with Crippen LogP contribution in [0.2, 0.25) is 5.02 Å². The Morgan fingerprint density at radius 3 is 2.72 bits per heavy atom. The summed E-state index contributed by atoms with van der Waals surface area (Å²) in [4.78, 5) is 0. The molecule has 0 radical (unpaired) electrons. The Morgan fingerprint density at radius 2 is 2.17 bits per heavy atom. The molecule has 1 saturated carbocycles. The van der Waals surface area contributed by atoms with Crippen LogP contribution in [0.25, 0.3) is 0 Å². The van der Waals surface area contributed by atoms with Crippen molar-refractivity contribution in [3.05, 3.63) is 16.4 Å². The smallest absolute Gasteiger partial charge is 0.0847 e. The van der Waals surface area contributed by atoms with Gasteiger partial charge in [-0.05, 0) is 32.7 Å². The summed E-state index contributed by atoms with van der Waals surface area (Å²) in [5, 5.41) is 8.94. The maximum Gasteiger partial charge on any atom is 0.0847 e. The summed E-state index contributed by atoms with van der Waals surface area (Å²) in [6, 6.07) is 0.543. The first-order valence-electron chi connectivity index (χ1n) is 7.10. The predicted molar refractivity (Wildman–Crippen MR) is 76.2 cm³/mol. The highest BCUT2D eigenvalue weighted by atomic mass is 35.5. The second-order valence-corrected chi connectivity index (χ2v) is 5.68. The van der Waals surface area contributed by atoms with E-state index in [0.717, 1.165) is 36.1 Å².